The summed E-state index contributed by atoms with van der Waals surface area (Å²) in [6.45, 7) is 4.69. The Morgan fingerprint density at radius 2 is 2.17 bits per heavy atom. The number of furan rings is 1. The maximum atomic E-state index is 12.9. The largest absolute Gasteiger partial charge is 0.472 e. The summed E-state index contributed by atoms with van der Waals surface area (Å²) < 4.78 is 10.6. The highest BCUT2D eigenvalue weighted by molar-refractivity contribution is 5.95. The molecule has 2 aliphatic carbocycles. The number of cyclic esters (lactones) is 1. The topological polar surface area (TPSA) is 56.5 Å². The van der Waals surface area contributed by atoms with Gasteiger partial charge in [-0.05, 0) is 48.6 Å². The molecule has 24 heavy (non-hydrogen) atoms. The van der Waals surface area contributed by atoms with E-state index in [2.05, 4.69) is 13.8 Å². The summed E-state index contributed by atoms with van der Waals surface area (Å²) in [4.78, 5) is 25.0. The number of ketones is 1. The van der Waals surface area contributed by atoms with Gasteiger partial charge in [-0.1, -0.05) is 19.9 Å². The number of ether oxygens (including phenoxy) is 1. The molecule has 0 bridgehead atoms. The van der Waals surface area contributed by atoms with Crippen LogP contribution in [0.2, 0.25) is 0 Å². The summed E-state index contributed by atoms with van der Waals surface area (Å²) >= 11 is 0. The fourth-order valence-electron chi connectivity index (χ4n) is 5.40. The Labute approximate surface area is 142 Å². The lowest BCUT2D eigenvalue weighted by Gasteiger charge is -2.55. The number of hydrogen-bond donors (Lipinski definition) is 0. The van der Waals surface area contributed by atoms with Crippen molar-refractivity contribution in [2.45, 2.75) is 46.0 Å². The van der Waals surface area contributed by atoms with Crippen molar-refractivity contribution >= 4 is 11.8 Å². The second-order valence-electron chi connectivity index (χ2n) is 7.98. The zero-order valence-corrected chi connectivity index (χ0v) is 14.3. The van der Waals surface area contributed by atoms with Gasteiger partial charge in [-0.25, -0.2) is 4.79 Å². The first kappa shape index (κ1) is 15.7. The number of Topliss-reactive ketones (excluding diaryl/α,β-unsaturated/α-hetero) is 1. The molecule has 1 spiro atoms. The van der Waals surface area contributed by atoms with E-state index in [1.165, 1.54) is 5.56 Å². The van der Waals surface area contributed by atoms with Crippen LogP contribution in [0.25, 0.3) is 0 Å². The fraction of sp³-hybridized carbons (Fsp3) is 0.600. The third-order valence-corrected chi connectivity index (χ3v) is 6.98. The first-order valence-corrected chi connectivity index (χ1v) is 8.89. The molecule has 4 nitrogen and oxygen atoms in total. The predicted molar refractivity (Wildman–Crippen MR) is 88.1 cm³/mol. The monoisotopic (exact) mass is 328 g/mol. The summed E-state index contributed by atoms with van der Waals surface area (Å²) in [5.41, 5.74) is 1.43. The van der Waals surface area contributed by atoms with Gasteiger partial charge in [-0.2, -0.15) is 0 Å². The maximum Gasteiger partial charge on any atom is 0.334 e. The first-order chi connectivity index (χ1) is 11.5. The van der Waals surface area contributed by atoms with Crippen molar-refractivity contribution in [3.05, 3.63) is 35.8 Å². The smallest absolute Gasteiger partial charge is 0.334 e. The molecule has 3 aliphatic rings. The van der Waals surface area contributed by atoms with Crippen molar-refractivity contribution in [1.29, 1.82) is 0 Å². The van der Waals surface area contributed by atoms with Crippen LogP contribution in [0.3, 0.4) is 0 Å². The number of aryl methyl sites for hydroxylation is 1. The Hall–Kier alpha value is -1.84. The van der Waals surface area contributed by atoms with Crippen molar-refractivity contribution < 1.29 is 18.7 Å². The number of esters is 1. The van der Waals surface area contributed by atoms with E-state index >= 15 is 0 Å². The van der Waals surface area contributed by atoms with E-state index in [9.17, 15) is 9.59 Å². The Balaban J connectivity index is 1.71. The molecule has 0 radical (unpaired) electrons. The molecular weight excluding hydrogens is 304 g/mol. The molecule has 1 aromatic heterocycles. The molecule has 1 aliphatic heterocycles. The molecule has 4 unspecified atom stereocenters. The normalized spacial score (nSPS) is 38.3. The van der Waals surface area contributed by atoms with Gasteiger partial charge in [-0.3, -0.25) is 4.79 Å². The van der Waals surface area contributed by atoms with E-state index in [1.54, 1.807) is 12.5 Å². The Bertz CT molecular complexity index is 701. The number of allylic oxidation sites excluding steroid dienone is 1. The van der Waals surface area contributed by atoms with E-state index in [0.717, 1.165) is 31.3 Å². The molecule has 4 heteroatoms. The highest BCUT2D eigenvalue weighted by Gasteiger charge is 2.63. The predicted octanol–water partition coefficient (Wildman–Crippen LogP) is 3.71. The number of hydrogen-bond acceptors (Lipinski definition) is 4. The standard InChI is InChI=1S/C20H24O4/c1-13-16(21)10-20-12-24-18(22)15(20)4-3-5-17(20)19(13,2)8-6-14-7-9-23-11-14/h4,7,9,11,13,17H,3,5-6,8,10,12H2,1-2H3. The van der Waals surface area contributed by atoms with Crippen molar-refractivity contribution in [3.63, 3.8) is 0 Å². The number of rotatable bonds is 3. The third-order valence-electron chi connectivity index (χ3n) is 6.98. The van der Waals surface area contributed by atoms with Crippen LogP contribution in [0.4, 0.5) is 0 Å². The van der Waals surface area contributed by atoms with Crippen molar-refractivity contribution in [2.24, 2.45) is 22.7 Å². The summed E-state index contributed by atoms with van der Waals surface area (Å²) in [5, 5.41) is 0. The molecule has 4 rings (SSSR count). The van der Waals surface area contributed by atoms with E-state index in [0.29, 0.717) is 18.9 Å². The average Bonchev–Trinajstić information content (AvgIpc) is 3.19. The van der Waals surface area contributed by atoms with Crippen molar-refractivity contribution in [2.75, 3.05) is 6.61 Å². The van der Waals surface area contributed by atoms with Gasteiger partial charge in [0.1, 0.15) is 12.4 Å². The Kier molecular flexibility index (Phi) is 3.48. The molecule has 0 aromatic carbocycles. The van der Waals surface area contributed by atoms with Crippen LogP contribution < -0.4 is 0 Å². The zero-order valence-electron chi connectivity index (χ0n) is 14.3. The van der Waals surface area contributed by atoms with Crippen LogP contribution in [0.5, 0.6) is 0 Å². The Morgan fingerprint density at radius 1 is 1.33 bits per heavy atom. The van der Waals surface area contributed by atoms with Crippen molar-refractivity contribution in [1.82, 2.24) is 0 Å². The van der Waals surface area contributed by atoms with E-state index in [-0.39, 0.29) is 28.5 Å². The SMILES string of the molecule is CC1C(=O)CC23COC(=O)C2=CCCC3C1(C)CCc1ccoc1. The average molecular weight is 328 g/mol. The van der Waals surface area contributed by atoms with Gasteiger partial charge in [0, 0.05) is 23.3 Å². The fourth-order valence-corrected chi connectivity index (χ4v) is 5.40. The summed E-state index contributed by atoms with van der Waals surface area (Å²) in [5.74, 6) is 0.386. The van der Waals surface area contributed by atoms with E-state index in [1.807, 2.05) is 12.1 Å². The van der Waals surface area contributed by atoms with Gasteiger partial charge in [0.05, 0.1) is 12.5 Å². The quantitative estimate of drug-likeness (QED) is 0.794. The lowest BCUT2D eigenvalue weighted by molar-refractivity contribution is -0.145. The van der Waals surface area contributed by atoms with Gasteiger partial charge >= 0.3 is 5.97 Å². The van der Waals surface area contributed by atoms with Crippen LogP contribution in [0, 0.1) is 22.7 Å². The third kappa shape index (κ3) is 2.04. The minimum atomic E-state index is -0.385. The van der Waals surface area contributed by atoms with Crippen LogP contribution in [0.1, 0.15) is 45.1 Å². The summed E-state index contributed by atoms with van der Waals surface area (Å²) in [6, 6.07) is 1.99. The summed E-state index contributed by atoms with van der Waals surface area (Å²) in [6.07, 6.45) is 9.70. The molecular formula is C20H24O4. The molecule has 2 heterocycles. The van der Waals surface area contributed by atoms with E-state index in [4.69, 9.17) is 9.15 Å². The second-order valence-corrected chi connectivity index (χ2v) is 7.98. The van der Waals surface area contributed by atoms with Crippen LogP contribution in [-0.4, -0.2) is 18.4 Å². The molecule has 0 amide bonds. The highest BCUT2D eigenvalue weighted by Crippen LogP contribution is 2.62. The van der Waals surface area contributed by atoms with Crippen LogP contribution in [0.15, 0.2) is 34.7 Å². The van der Waals surface area contributed by atoms with Gasteiger partial charge < -0.3 is 9.15 Å². The molecule has 1 saturated carbocycles. The molecule has 1 aromatic rings. The van der Waals surface area contributed by atoms with Gasteiger partial charge in [-0.15, -0.1) is 0 Å². The summed E-state index contributed by atoms with van der Waals surface area (Å²) in [7, 11) is 0. The molecule has 0 N–H and O–H groups in total. The molecule has 128 valence electrons. The number of carbonyl (C=O) groups excluding carboxylic acids is 2. The lowest BCUT2D eigenvalue weighted by Crippen LogP contribution is -2.55. The van der Waals surface area contributed by atoms with Crippen LogP contribution in [-0.2, 0) is 20.7 Å². The van der Waals surface area contributed by atoms with E-state index < -0.39 is 0 Å². The van der Waals surface area contributed by atoms with Gasteiger partial charge in [0.15, 0.2) is 0 Å². The molecule has 2 fully saturated rings. The minimum absolute atomic E-state index is 0.00933. The number of carbonyl (C=O) groups is 2. The first-order valence-electron chi connectivity index (χ1n) is 8.89. The molecule has 4 atom stereocenters. The molecule has 1 saturated heterocycles. The Morgan fingerprint density at radius 3 is 2.92 bits per heavy atom. The second kappa shape index (κ2) is 5.33. The lowest BCUT2D eigenvalue weighted by atomic mass is 9.46. The van der Waals surface area contributed by atoms with Crippen molar-refractivity contribution in [3.8, 4) is 0 Å². The van der Waals surface area contributed by atoms with Gasteiger partial charge in [0.25, 0.3) is 0 Å². The zero-order chi connectivity index (χ0) is 16.9. The maximum absolute atomic E-state index is 12.9. The van der Waals surface area contributed by atoms with Gasteiger partial charge in [0.2, 0.25) is 0 Å². The highest BCUT2D eigenvalue weighted by atomic mass is 16.5. The van der Waals surface area contributed by atoms with Crippen LogP contribution >= 0.6 is 0 Å². The minimum Gasteiger partial charge on any atom is -0.472 e.